The maximum Gasteiger partial charge on any atom is 0.313 e. The number of rotatable bonds is 8. The molecule has 0 aromatic heterocycles. The molecule has 8 heteroatoms. The van der Waals surface area contributed by atoms with E-state index in [1.54, 1.807) is 12.1 Å². The molecule has 4 fully saturated rings. The minimum absolute atomic E-state index is 0.0779. The highest BCUT2D eigenvalue weighted by atomic mass is 16.7. The van der Waals surface area contributed by atoms with E-state index in [0.717, 1.165) is 51.4 Å². The van der Waals surface area contributed by atoms with E-state index < -0.39 is 5.41 Å². The molecule has 5 rings (SSSR count). The Hall–Kier alpha value is -2.61. The SMILES string of the molecule is CCC(C)(C)C(=O)OC1C2CC3C(=O)OC1C3C2.CCC(C)(C)C(=O)OC1CCCCO1.CCC(C)c1ccc(O)cc1. The Morgan fingerprint density at radius 2 is 1.56 bits per heavy atom. The minimum atomic E-state index is -0.455. The van der Waals surface area contributed by atoms with Crippen LogP contribution in [-0.2, 0) is 33.3 Å². The fourth-order valence-corrected chi connectivity index (χ4v) is 5.76. The van der Waals surface area contributed by atoms with Gasteiger partial charge in [-0.2, -0.15) is 0 Å². The van der Waals surface area contributed by atoms with Crippen molar-refractivity contribution < 1.29 is 38.4 Å². The van der Waals surface area contributed by atoms with Crippen molar-refractivity contribution in [2.75, 3.05) is 6.61 Å². The average molecular weight is 603 g/mol. The van der Waals surface area contributed by atoms with Crippen LogP contribution in [-0.4, -0.2) is 48.1 Å². The van der Waals surface area contributed by atoms with Crippen molar-refractivity contribution in [3.8, 4) is 5.75 Å². The second-order valence-corrected chi connectivity index (χ2v) is 13.9. The largest absolute Gasteiger partial charge is 0.508 e. The van der Waals surface area contributed by atoms with Crippen LogP contribution < -0.4 is 0 Å². The zero-order chi connectivity index (χ0) is 31.9. The van der Waals surface area contributed by atoms with E-state index >= 15 is 0 Å². The molecule has 1 N–H and O–H groups in total. The summed E-state index contributed by atoms with van der Waals surface area (Å²) in [6.45, 7) is 16.6. The molecule has 0 spiro atoms. The third-order valence-electron chi connectivity index (χ3n) is 9.98. The van der Waals surface area contributed by atoms with Crippen molar-refractivity contribution in [1.29, 1.82) is 0 Å². The van der Waals surface area contributed by atoms with E-state index in [4.69, 9.17) is 24.1 Å². The molecule has 43 heavy (non-hydrogen) atoms. The van der Waals surface area contributed by atoms with Crippen molar-refractivity contribution in [2.24, 2.45) is 28.6 Å². The predicted molar refractivity (Wildman–Crippen MR) is 164 cm³/mol. The average Bonchev–Trinajstić information content (AvgIpc) is 3.64. The van der Waals surface area contributed by atoms with Crippen LogP contribution in [0.5, 0.6) is 5.75 Å². The molecule has 1 aromatic carbocycles. The van der Waals surface area contributed by atoms with Crippen molar-refractivity contribution in [2.45, 2.75) is 131 Å². The van der Waals surface area contributed by atoms with E-state index in [0.29, 0.717) is 30.1 Å². The summed E-state index contributed by atoms with van der Waals surface area (Å²) in [5.74, 6) is 1.25. The number of phenolic OH excluding ortho intramolecular Hbond substituents is 1. The van der Waals surface area contributed by atoms with Gasteiger partial charge in [-0.3, -0.25) is 14.4 Å². The zero-order valence-electron chi connectivity index (χ0n) is 27.5. The van der Waals surface area contributed by atoms with Gasteiger partial charge in [0.05, 0.1) is 23.4 Å². The van der Waals surface area contributed by atoms with Crippen LogP contribution in [0.25, 0.3) is 0 Å². The second kappa shape index (κ2) is 14.9. The second-order valence-electron chi connectivity index (χ2n) is 13.9. The summed E-state index contributed by atoms with van der Waals surface area (Å²) < 4.78 is 21.7. The molecular formula is C35H54O8. The topological polar surface area (TPSA) is 108 Å². The van der Waals surface area contributed by atoms with Crippen molar-refractivity contribution in [1.82, 2.24) is 0 Å². The standard InChI is InChI=1S/C14H20O4.C11H20O3.C10H14O/c1-4-14(2,3)13(16)18-10-7-5-8-9(6-7)12(15)17-11(8)10;1-4-11(2,3)10(12)14-9-7-5-6-8-13-9;1-3-8(2)9-4-6-10(11)7-5-9/h7-11H,4-6H2,1-3H3;9H,4-8H2,1-3H3;4-8,11H,3H2,1-2H3. The molecule has 7 atom stereocenters. The Balaban J connectivity index is 0.000000183. The van der Waals surface area contributed by atoms with Crippen molar-refractivity contribution in [3.63, 3.8) is 0 Å². The molecule has 0 radical (unpaired) electrons. The Bertz CT molecular complexity index is 1070. The van der Waals surface area contributed by atoms with Gasteiger partial charge in [0.25, 0.3) is 0 Å². The Morgan fingerprint density at radius 1 is 0.953 bits per heavy atom. The lowest BCUT2D eigenvalue weighted by Gasteiger charge is -2.29. The lowest BCUT2D eigenvalue weighted by atomic mass is 9.87. The highest BCUT2D eigenvalue weighted by Gasteiger charge is 2.63. The molecular weight excluding hydrogens is 548 g/mol. The van der Waals surface area contributed by atoms with Gasteiger partial charge in [0.1, 0.15) is 18.0 Å². The zero-order valence-corrected chi connectivity index (χ0v) is 27.5. The van der Waals surface area contributed by atoms with Gasteiger partial charge in [-0.05, 0) is 96.3 Å². The van der Waals surface area contributed by atoms with Gasteiger partial charge >= 0.3 is 17.9 Å². The Labute approximate surface area is 258 Å². The summed E-state index contributed by atoms with van der Waals surface area (Å²) in [5.41, 5.74) is 0.454. The van der Waals surface area contributed by atoms with Crippen LogP contribution >= 0.6 is 0 Å². The van der Waals surface area contributed by atoms with E-state index in [2.05, 4.69) is 13.8 Å². The van der Waals surface area contributed by atoms with Gasteiger partial charge in [0, 0.05) is 18.3 Å². The predicted octanol–water partition coefficient (Wildman–Crippen LogP) is 7.31. The lowest BCUT2D eigenvalue weighted by molar-refractivity contribution is -0.196. The third kappa shape index (κ3) is 8.74. The number of phenols is 1. The van der Waals surface area contributed by atoms with Gasteiger partial charge in [-0.25, -0.2) is 0 Å². The number of ether oxygens (including phenoxy) is 4. The normalized spacial score (nSPS) is 28.0. The molecule has 2 aliphatic carbocycles. The van der Waals surface area contributed by atoms with Gasteiger partial charge in [0.2, 0.25) is 6.29 Å². The van der Waals surface area contributed by atoms with Crippen molar-refractivity contribution in [3.05, 3.63) is 29.8 Å². The fourth-order valence-electron chi connectivity index (χ4n) is 5.76. The summed E-state index contributed by atoms with van der Waals surface area (Å²) >= 11 is 0. The molecule has 2 aliphatic heterocycles. The van der Waals surface area contributed by atoms with Crippen LogP contribution in [0.2, 0.25) is 0 Å². The van der Waals surface area contributed by atoms with Gasteiger partial charge in [-0.1, -0.05) is 39.8 Å². The van der Waals surface area contributed by atoms with Crippen LogP contribution in [0.1, 0.15) is 118 Å². The van der Waals surface area contributed by atoms with E-state index in [1.165, 1.54) is 5.56 Å². The molecule has 1 aromatic rings. The Kier molecular flexibility index (Phi) is 12.1. The lowest BCUT2D eigenvalue weighted by Crippen LogP contribution is -2.39. The molecule has 2 bridgehead atoms. The summed E-state index contributed by atoms with van der Waals surface area (Å²) in [4.78, 5) is 35.4. The minimum Gasteiger partial charge on any atom is -0.508 e. The first-order chi connectivity index (χ1) is 20.2. The molecule has 0 amide bonds. The van der Waals surface area contributed by atoms with Gasteiger partial charge in [-0.15, -0.1) is 0 Å². The molecule has 7 unspecified atom stereocenters. The molecule has 242 valence electrons. The third-order valence-corrected chi connectivity index (χ3v) is 9.98. The number of hydrogen-bond donors (Lipinski definition) is 1. The molecule has 8 nitrogen and oxygen atoms in total. The number of fused-ring (bicyclic) bond motifs is 1. The summed E-state index contributed by atoms with van der Waals surface area (Å²) in [5, 5.41) is 9.01. The van der Waals surface area contributed by atoms with Crippen LogP contribution in [0.3, 0.4) is 0 Å². The highest BCUT2D eigenvalue weighted by Crippen LogP contribution is 2.55. The van der Waals surface area contributed by atoms with Crippen LogP contribution in [0, 0.1) is 28.6 Å². The van der Waals surface area contributed by atoms with Crippen LogP contribution in [0.15, 0.2) is 24.3 Å². The van der Waals surface area contributed by atoms with Gasteiger partial charge in [0.15, 0.2) is 0 Å². The first-order valence-electron chi connectivity index (χ1n) is 16.3. The summed E-state index contributed by atoms with van der Waals surface area (Å²) in [7, 11) is 0. The molecule has 4 aliphatic rings. The van der Waals surface area contributed by atoms with E-state index in [1.807, 2.05) is 53.7 Å². The number of carbonyl (C=O) groups excluding carboxylic acids is 3. The Morgan fingerprint density at radius 3 is 2.09 bits per heavy atom. The summed E-state index contributed by atoms with van der Waals surface area (Å²) in [6.07, 6.45) is 6.83. The first kappa shape index (κ1) is 34.9. The number of esters is 3. The number of aromatic hydroxyl groups is 1. The monoisotopic (exact) mass is 602 g/mol. The maximum atomic E-state index is 12.1. The molecule has 2 saturated carbocycles. The maximum absolute atomic E-state index is 12.1. The smallest absolute Gasteiger partial charge is 0.313 e. The first-order valence-corrected chi connectivity index (χ1v) is 16.3. The van der Waals surface area contributed by atoms with Crippen molar-refractivity contribution >= 4 is 17.9 Å². The van der Waals surface area contributed by atoms with E-state index in [9.17, 15) is 14.4 Å². The fraction of sp³-hybridized carbons (Fsp3) is 0.743. The number of hydrogen-bond acceptors (Lipinski definition) is 8. The molecule has 2 saturated heterocycles. The molecule has 2 heterocycles. The highest BCUT2D eigenvalue weighted by molar-refractivity contribution is 5.78. The van der Waals surface area contributed by atoms with Gasteiger partial charge < -0.3 is 24.1 Å². The number of carbonyl (C=O) groups is 3. The quantitative estimate of drug-likeness (QED) is 0.244. The van der Waals surface area contributed by atoms with Crippen LogP contribution in [0.4, 0.5) is 0 Å². The summed E-state index contributed by atoms with van der Waals surface area (Å²) in [6, 6.07) is 7.43. The number of benzene rings is 1. The van der Waals surface area contributed by atoms with E-state index in [-0.39, 0.29) is 47.7 Å².